The molecule has 0 saturated heterocycles. The predicted molar refractivity (Wildman–Crippen MR) is 75.5 cm³/mol. The van der Waals surface area contributed by atoms with Crippen LogP contribution in [-0.4, -0.2) is 15.8 Å². The second-order valence-corrected chi connectivity index (χ2v) is 5.16. The molecule has 0 aliphatic heterocycles. The lowest BCUT2D eigenvalue weighted by molar-refractivity contribution is 0.204. The Bertz CT molecular complexity index is 496. The highest BCUT2D eigenvalue weighted by Gasteiger charge is 2.14. The van der Waals surface area contributed by atoms with Crippen molar-refractivity contribution < 1.29 is 5.11 Å². The van der Waals surface area contributed by atoms with Crippen LogP contribution in [0.2, 0.25) is 0 Å². The quantitative estimate of drug-likeness (QED) is 0.830. The van der Waals surface area contributed by atoms with Crippen LogP contribution in [0, 0.1) is 6.92 Å². The molecule has 1 heterocycles. The second-order valence-electron chi connectivity index (χ2n) is 4.07. The summed E-state index contributed by atoms with van der Waals surface area (Å²) in [6, 6.07) is 11.9. The van der Waals surface area contributed by atoms with Gasteiger partial charge in [-0.25, -0.2) is 4.98 Å². The number of aliphatic hydroxyl groups is 1. The number of nitrogen functional groups attached to an aromatic ring is 1. The highest BCUT2D eigenvalue weighted by atomic mass is 32.2. The van der Waals surface area contributed by atoms with Crippen LogP contribution in [0.5, 0.6) is 0 Å². The normalized spacial score (nSPS) is 12.3. The largest absolute Gasteiger partial charge is 0.387 e. The van der Waals surface area contributed by atoms with Crippen molar-refractivity contribution in [3.63, 3.8) is 0 Å². The third-order valence-corrected chi connectivity index (χ3v) is 3.81. The van der Waals surface area contributed by atoms with Gasteiger partial charge in [-0.1, -0.05) is 18.2 Å². The van der Waals surface area contributed by atoms with E-state index < -0.39 is 6.10 Å². The molecule has 0 spiro atoms. The lowest BCUT2D eigenvalue weighted by atomic mass is 10.1. The van der Waals surface area contributed by atoms with Crippen LogP contribution >= 0.6 is 11.8 Å². The van der Waals surface area contributed by atoms with Gasteiger partial charge in [0.25, 0.3) is 0 Å². The molecule has 3 N–H and O–H groups in total. The van der Waals surface area contributed by atoms with Crippen molar-refractivity contribution in [2.45, 2.75) is 17.9 Å². The molecule has 0 radical (unpaired) electrons. The number of thioether (sulfide) groups is 1. The Labute approximate surface area is 111 Å². The van der Waals surface area contributed by atoms with Gasteiger partial charge in [0.15, 0.2) is 0 Å². The number of rotatable bonds is 4. The first-order valence-electron chi connectivity index (χ1n) is 5.75. The van der Waals surface area contributed by atoms with Gasteiger partial charge in [-0.05, 0) is 30.7 Å². The van der Waals surface area contributed by atoms with Gasteiger partial charge in [0, 0.05) is 22.4 Å². The summed E-state index contributed by atoms with van der Waals surface area (Å²) in [7, 11) is 0. The van der Waals surface area contributed by atoms with Gasteiger partial charge >= 0.3 is 0 Å². The highest BCUT2D eigenvalue weighted by Crippen LogP contribution is 2.28. The summed E-state index contributed by atoms with van der Waals surface area (Å²) in [5, 5.41) is 10.2. The Morgan fingerprint density at radius 1 is 1.28 bits per heavy atom. The zero-order valence-corrected chi connectivity index (χ0v) is 11.0. The van der Waals surface area contributed by atoms with Crippen LogP contribution in [0.4, 0.5) is 5.82 Å². The molecule has 4 heteroatoms. The third kappa shape index (κ3) is 3.03. The third-order valence-electron chi connectivity index (χ3n) is 2.72. The number of nitrogens with two attached hydrogens (primary N) is 1. The van der Waals surface area contributed by atoms with Gasteiger partial charge in [0.1, 0.15) is 5.82 Å². The summed E-state index contributed by atoms with van der Waals surface area (Å²) in [6.45, 7) is 1.93. The Hall–Kier alpha value is -1.52. The molecular weight excluding hydrogens is 244 g/mol. The molecule has 0 aliphatic carbocycles. The number of benzene rings is 1. The molecule has 3 nitrogen and oxygen atoms in total. The lowest BCUT2D eigenvalue weighted by Crippen LogP contribution is -2.08. The molecule has 0 amide bonds. The van der Waals surface area contributed by atoms with Gasteiger partial charge in [-0.3, -0.25) is 0 Å². The Morgan fingerprint density at radius 2 is 2.00 bits per heavy atom. The molecule has 94 valence electrons. The fourth-order valence-corrected chi connectivity index (χ4v) is 2.67. The van der Waals surface area contributed by atoms with Crippen LogP contribution in [-0.2, 0) is 0 Å². The molecule has 1 aromatic carbocycles. The Kier molecular flexibility index (Phi) is 4.23. The number of hydrogen-bond acceptors (Lipinski definition) is 4. The maximum Gasteiger partial charge on any atom is 0.129 e. The molecule has 2 aromatic rings. The van der Waals surface area contributed by atoms with Gasteiger partial charge in [0.2, 0.25) is 0 Å². The first-order valence-corrected chi connectivity index (χ1v) is 6.74. The lowest BCUT2D eigenvalue weighted by Gasteiger charge is -2.14. The van der Waals surface area contributed by atoms with E-state index in [-0.39, 0.29) is 0 Å². The van der Waals surface area contributed by atoms with Crippen molar-refractivity contribution in [3.8, 4) is 0 Å². The van der Waals surface area contributed by atoms with Crippen molar-refractivity contribution in [1.82, 2.24) is 4.98 Å². The van der Waals surface area contributed by atoms with Crippen LogP contribution < -0.4 is 5.73 Å². The van der Waals surface area contributed by atoms with Gasteiger partial charge in [-0.2, -0.15) is 0 Å². The molecule has 1 aromatic heterocycles. The first kappa shape index (κ1) is 12.9. The van der Waals surface area contributed by atoms with Crippen LogP contribution in [0.15, 0.2) is 47.5 Å². The van der Waals surface area contributed by atoms with Crippen molar-refractivity contribution in [2.75, 3.05) is 11.5 Å². The van der Waals surface area contributed by atoms with E-state index in [1.165, 1.54) is 0 Å². The zero-order valence-electron chi connectivity index (χ0n) is 10.2. The minimum atomic E-state index is -0.594. The molecular formula is C14H16N2OS. The molecule has 18 heavy (non-hydrogen) atoms. The summed E-state index contributed by atoms with van der Waals surface area (Å²) in [5.41, 5.74) is 7.52. The molecule has 2 rings (SSSR count). The maximum absolute atomic E-state index is 10.2. The topological polar surface area (TPSA) is 59.1 Å². The standard InChI is InChI=1S/C14H16N2OS/c1-10-7-8-16-14(15)13(10)12(17)9-18-11-5-3-2-4-6-11/h2-8,12,17H,9H2,1H3,(H2,15,16). The zero-order chi connectivity index (χ0) is 13.0. The SMILES string of the molecule is Cc1ccnc(N)c1C(O)CSc1ccccc1. The summed E-state index contributed by atoms with van der Waals surface area (Å²) < 4.78 is 0. The molecule has 1 unspecified atom stereocenters. The molecule has 0 saturated carbocycles. The Morgan fingerprint density at radius 3 is 2.67 bits per heavy atom. The number of aliphatic hydroxyl groups excluding tert-OH is 1. The second kappa shape index (κ2) is 5.89. The van der Waals surface area contributed by atoms with E-state index in [0.29, 0.717) is 11.6 Å². The summed E-state index contributed by atoms with van der Waals surface area (Å²) in [4.78, 5) is 5.16. The monoisotopic (exact) mass is 260 g/mol. The molecule has 0 fully saturated rings. The minimum absolute atomic E-state index is 0.413. The summed E-state index contributed by atoms with van der Waals surface area (Å²) in [5.74, 6) is 0.983. The highest BCUT2D eigenvalue weighted by molar-refractivity contribution is 7.99. The average molecular weight is 260 g/mol. The number of aryl methyl sites for hydroxylation is 1. The van der Waals surface area contributed by atoms with E-state index in [2.05, 4.69) is 4.98 Å². The van der Waals surface area contributed by atoms with Crippen molar-refractivity contribution in [3.05, 3.63) is 53.7 Å². The maximum atomic E-state index is 10.2. The van der Waals surface area contributed by atoms with E-state index >= 15 is 0 Å². The van der Waals surface area contributed by atoms with Crippen LogP contribution in [0.3, 0.4) is 0 Å². The van der Waals surface area contributed by atoms with Gasteiger partial charge in [-0.15, -0.1) is 11.8 Å². The van der Waals surface area contributed by atoms with E-state index in [1.54, 1.807) is 18.0 Å². The van der Waals surface area contributed by atoms with E-state index in [9.17, 15) is 5.11 Å². The summed E-state index contributed by atoms with van der Waals surface area (Å²) in [6.07, 6.45) is 1.06. The smallest absolute Gasteiger partial charge is 0.129 e. The number of nitrogens with zero attached hydrogens (tertiary/aromatic N) is 1. The van der Waals surface area contributed by atoms with Gasteiger partial charge < -0.3 is 10.8 Å². The number of pyridine rings is 1. The number of hydrogen-bond donors (Lipinski definition) is 2. The molecule has 0 aliphatic rings. The van der Waals surface area contributed by atoms with E-state index in [4.69, 9.17) is 5.73 Å². The number of aromatic nitrogens is 1. The molecule has 1 atom stereocenters. The predicted octanol–water partition coefficient (Wildman–Crippen LogP) is 2.80. The average Bonchev–Trinajstić information content (AvgIpc) is 2.37. The van der Waals surface area contributed by atoms with Crippen LogP contribution in [0.1, 0.15) is 17.2 Å². The van der Waals surface area contributed by atoms with Crippen molar-refractivity contribution >= 4 is 17.6 Å². The fourth-order valence-electron chi connectivity index (χ4n) is 1.80. The Balaban J connectivity index is 2.06. The molecule has 0 bridgehead atoms. The summed E-state index contributed by atoms with van der Waals surface area (Å²) >= 11 is 1.61. The van der Waals surface area contributed by atoms with Crippen molar-refractivity contribution in [1.29, 1.82) is 0 Å². The van der Waals surface area contributed by atoms with E-state index in [0.717, 1.165) is 16.0 Å². The van der Waals surface area contributed by atoms with E-state index in [1.807, 2.05) is 43.3 Å². The van der Waals surface area contributed by atoms with Crippen LogP contribution in [0.25, 0.3) is 0 Å². The fraction of sp³-hybridized carbons (Fsp3) is 0.214. The minimum Gasteiger partial charge on any atom is -0.387 e. The van der Waals surface area contributed by atoms with Gasteiger partial charge in [0.05, 0.1) is 6.10 Å². The van der Waals surface area contributed by atoms with Crippen molar-refractivity contribution in [2.24, 2.45) is 0 Å². The first-order chi connectivity index (χ1) is 8.68. The number of anilines is 1.